The van der Waals surface area contributed by atoms with Gasteiger partial charge in [0.15, 0.2) is 0 Å². The fourth-order valence-electron chi connectivity index (χ4n) is 2.14. The Labute approximate surface area is 109 Å². The van der Waals surface area contributed by atoms with Crippen molar-refractivity contribution in [1.82, 2.24) is 5.32 Å². The Balaban J connectivity index is 2.79. The summed E-state index contributed by atoms with van der Waals surface area (Å²) in [5, 5.41) is 10.4. The molecule has 1 aliphatic rings. The molecule has 19 heavy (non-hydrogen) atoms. The van der Waals surface area contributed by atoms with Gasteiger partial charge >= 0.3 is 12.1 Å². The third kappa shape index (κ3) is 3.61. The molecule has 1 aliphatic carbocycles. The molecule has 2 N–H and O–H groups in total. The fraction of sp³-hybridized carbons (Fsp3) is 0.833. The van der Waals surface area contributed by atoms with Crippen LogP contribution in [0, 0.1) is 5.92 Å². The van der Waals surface area contributed by atoms with Crippen molar-refractivity contribution in [3.05, 3.63) is 0 Å². The minimum Gasteiger partial charge on any atom is -0.479 e. The van der Waals surface area contributed by atoms with Crippen LogP contribution in [0.2, 0.25) is 0 Å². The van der Waals surface area contributed by atoms with Crippen LogP contribution in [0.15, 0.2) is 0 Å². The van der Waals surface area contributed by atoms with Crippen molar-refractivity contribution in [1.29, 1.82) is 0 Å². The number of hydrogen-bond acceptors (Lipinski definition) is 2. The van der Waals surface area contributed by atoms with E-state index in [0.717, 1.165) is 25.7 Å². The number of carbonyl (C=O) groups excluding carboxylic acids is 1. The number of halogens is 3. The number of alkyl halides is 3. The summed E-state index contributed by atoms with van der Waals surface area (Å²) in [6.07, 6.45) is -0.516. The van der Waals surface area contributed by atoms with Crippen molar-refractivity contribution < 1.29 is 27.9 Å². The first-order valence-electron chi connectivity index (χ1n) is 6.30. The van der Waals surface area contributed by atoms with E-state index in [4.69, 9.17) is 5.11 Å². The second-order valence-electron chi connectivity index (χ2n) is 5.11. The van der Waals surface area contributed by atoms with E-state index in [0.29, 0.717) is 19.8 Å². The lowest BCUT2D eigenvalue weighted by Crippen LogP contribution is -2.62. The summed E-state index contributed by atoms with van der Waals surface area (Å²) in [5.41, 5.74) is -3.23. The summed E-state index contributed by atoms with van der Waals surface area (Å²) < 4.78 is 38.3. The molecule has 1 fully saturated rings. The standard InChI is InChI=1S/C12H18F3NO3/c1-11(10(18)19,12(13,14)15)16-9(17)8-6-4-2-3-5-7-8/h8H,2-7H2,1H3,(H,16,17)(H,18,19). The highest BCUT2D eigenvalue weighted by molar-refractivity contribution is 5.88. The maximum atomic E-state index is 12.8. The third-order valence-corrected chi connectivity index (χ3v) is 3.59. The minimum absolute atomic E-state index is 0.476. The van der Waals surface area contributed by atoms with Crippen molar-refractivity contribution >= 4 is 11.9 Å². The lowest BCUT2D eigenvalue weighted by atomic mass is 9.95. The second kappa shape index (κ2) is 5.79. The number of rotatable bonds is 3. The van der Waals surface area contributed by atoms with E-state index in [1.54, 1.807) is 5.32 Å². The molecule has 4 nitrogen and oxygen atoms in total. The molecule has 0 spiro atoms. The molecule has 0 saturated heterocycles. The number of hydrogen-bond donors (Lipinski definition) is 2. The quantitative estimate of drug-likeness (QED) is 0.781. The molecule has 0 heterocycles. The summed E-state index contributed by atoms with van der Waals surface area (Å²) >= 11 is 0. The summed E-state index contributed by atoms with van der Waals surface area (Å²) in [7, 11) is 0. The molecular weight excluding hydrogens is 263 g/mol. The topological polar surface area (TPSA) is 66.4 Å². The lowest BCUT2D eigenvalue weighted by Gasteiger charge is -2.30. The number of carboxylic acid groups (broad SMARTS) is 1. The zero-order chi connectivity index (χ0) is 14.7. The smallest absolute Gasteiger partial charge is 0.422 e. The van der Waals surface area contributed by atoms with Gasteiger partial charge in [0.25, 0.3) is 0 Å². The van der Waals surface area contributed by atoms with Crippen molar-refractivity contribution in [3.8, 4) is 0 Å². The average Bonchev–Trinajstić information content (AvgIpc) is 2.55. The fourth-order valence-corrected chi connectivity index (χ4v) is 2.14. The highest BCUT2D eigenvalue weighted by atomic mass is 19.4. The summed E-state index contributed by atoms with van der Waals surface area (Å²) in [6.45, 7) is 0.476. The van der Waals surface area contributed by atoms with Crippen molar-refractivity contribution in [2.75, 3.05) is 0 Å². The monoisotopic (exact) mass is 281 g/mol. The van der Waals surface area contributed by atoms with Crippen LogP contribution >= 0.6 is 0 Å². The van der Waals surface area contributed by atoms with Crippen LogP contribution < -0.4 is 5.32 Å². The van der Waals surface area contributed by atoms with E-state index in [1.807, 2.05) is 0 Å². The van der Waals surface area contributed by atoms with Gasteiger partial charge in [-0.15, -0.1) is 0 Å². The van der Waals surface area contributed by atoms with Crippen LogP contribution in [0.25, 0.3) is 0 Å². The number of carboxylic acids is 1. The van der Waals surface area contributed by atoms with Crippen LogP contribution in [-0.2, 0) is 9.59 Å². The van der Waals surface area contributed by atoms with Gasteiger partial charge in [-0.1, -0.05) is 25.7 Å². The number of nitrogens with one attached hydrogen (secondary N) is 1. The van der Waals surface area contributed by atoms with E-state index >= 15 is 0 Å². The number of aliphatic carboxylic acids is 1. The maximum Gasteiger partial charge on any atom is 0.422 e. The van der Waals surface area contributed by atoms with Gasteiger partial charge in [0.2, 0.25) is 11.4 Å². The van der Waals surface area contributed by atoms with Crippen LogP contribution in [0.3, 0.4) is 0 Å². The SMILES string of the molecule is CC(NC(=O)C1CCCCCC1)(C(=O)O)C(F)(F)F. The molecule has 1 saturated carbocycles. The predicted octanol–water partition coefficient (Wildman–Crippen LogP) is 2.48. The van der Waals surface area contributed by atoms with Crippen molar-refractivity contribution in [2.45, 2.75) is 57.2 Å². The van der Waals surface area contributed by atoms with E-state index in [-0.39, 0.29) is 0 Å². The van der Waals surface area contributed by atoms with E-state index in [1.165, 1.54) is 0 Å². The Morgan fingerprint density at radius 1 is 1.11 bits per heavy atom. The van der Waals surface area contributed by atoms with Crippen molar-refractivity contribution in [2.24, 2.45) is 5.92 Å². The zero-order valence-corrected chi connectivity index (χ0v) is 10.7. The van der Waals surface area contributed by atoms with Gasteiger partial charge in [0, 0.05) is 5.92 Å². The molecule has 1 rings (SSSR count). The molecule has 0 aromatic rings. The first-order valence-corrected chi connectivity index (χ1v) is 6.30. The molecule has 0 aromatic heterocycles. The van der Waals surface area contributed by atoms with Crippen LogP contribution in [0.4, 0.5) is 13.2 Å². The number of amides is 1. The molecule has 7 heteroatoms. The van der Waals surface area contributed by atoms with E-state index < -0.39 is 29.5 Å². The Hall–Kier alpha value is -1.27. The van der Waals surface area contributed by atoms with Gasteiger partial charge < -0.3 is 10.4 Å². The van der Waals surface area contributed by atoms with Gasteiger partial charge in [0.1, 0.15) is 0 Å². The largest absolute Gasteiger partial charge is 0.479 e. The Kier molecular flexibility index (Phi) is 4.81. The summed E-state index contributed by atoms with van der Waals surface area (Å²) in [4.78, 5) is 22.7. The molecular formula is C12H18F3NO3. The second-order valence-corrected chi connectivity index (χ2v) is 5.11. The normalized spacial score (nSPS) is 21.3. The number of carbonyl (C=O) groups is 2. The van der Waals surface area contributed by atoms with E-state index in [2.05, 4.69) is 0 Å². The molecule has 1 unspecified atom stereocenters. The molecule has 0 aromatic carbocycles. The lowest BCUT2D eigenvalue weighted by molar-refractivity contribution is -0.207. The van der Waals surface area contributed by atoms with Crippen LogP contribution in [-0.4, -0.2) is 28.7 Å². The average molecular weight is 281 g/mol. The molecule has 1 atom stereocenters. The Morgan fingerprint density at radius 2 is 1.58 bits per heavy atom. The molecule has 0 aliphatic heterocycles. The van der Waals surface area contributed by atoms with E-state index in [9.17, 15) is 22.8 Å². The predicted molar refractivity (Wildman–Crippen MR) is 61.4 cm³/mol. The molecule has 110 valence electrons. The first kappa shape index (κ1) is 15.8. The van der Waals surface area contributed by atoms with Gasteiger partial charge in [-0.25, -0.2) is 4.79 Å². The molecule has 1 amide bonds. The van der Waals surface area contributed by atoms with Crippen molar-refractivity contribution in [3.63, 3.8) is 0 Å². The summed E-state index contributed by atoms with van der Waals surface area (Å²) in [6, 6.07) is 0. The van der Waals surface area contributed by atoms with Gasteiger partial charge in [-0.05, 0) is 19.8 Å². The minimum atomic E-state index is -5.03. The molecule has 0 radical (unpaired) electrons. The van der Waals surface area contributed by atoms with Gasteiger partial charge in [-0.2, -0.15) is 13.2 Å². The van der Waals surface area contributed by atoms with Crippen LogP contribution in [0.1, 0.15) is 45.4 Å². The highest BCUT2D eigenvalue weighted by Gasteiger charge is 2.58. The van der Waals surface area contributed by atoms with Gasteiger partial charge in [0.05, 0.1) is 0 Å². The Morgan fingerprint density at radius 3 is 1.95 bits per heavy atom. The van der Waals surface area contributed by atoms with Crippen LogP contribution in [0.5, 0.6) is 0 Å². The highest BCUT2D eigenvalue weighted by Crippen LogP contribution is 2.32. The maximum absolute atomic E-state index is 12.8. The van der Waals surface area contributed by atoms with Gasteiger partial charge in [-0.3, -0.25) is 4.79 Å². The summed E-state index contributed by atoms with van der Waals surface area (Å²) in [5.74, 6) is -3.44. The first-order chi connectivity index (χ1) is 8.68. The third-order valence-electron chi connectivity index (χ3n) is 3.59. The Bertz CT molecular complexity index is 349. The molecule has 0 bridgehead atoms. The zero-order valence-electron chi connectivity index (χ0n) is 10.7.